The van der Waals surface area contributed by atoms with Gasteiger partial charge >= 0.3 is 0 Å². The molecule has 1 saturated carbocycles. The fourth-order valence-corrected chi connectivity index (χ4v) is 5.43. The van der Waals surface area contributed by atoms with Crippen molar-refractivity contribution in [2.45, 2.75) is 49.3 Å². The third kappa shape index (κ3) is 1.09. The van der Waals surface area contributed by atoms with Gasteiger partial charge in [0.15, 0.2) is 11.5 Å². The summed E-state index contributed by atoms with van der Waals surface area (Å²) >= 11 is 0. The molecular formula is C16H19NO3. The first kappa shape index (κ1) is 11.4. The number of rotatable bonds is 0. The number of ether oxygens (including phenoxy) is 1. The highest BCUT2D eigenvalue weighted by molar-refractivity contribution is 5.60. The number of aliphatic hydroxyl groups excluding tert-OH is 1. The molecule has 106 valence electrons. The zero-order valence-corrected chi connectivity index (χ0v) is 11.3. The molecule has 1 aromatic rings. The summed E-state index contributed by atoms with van der Waals surface area (Å²) in [5, 5.41) is 24.3. The normalized spacial score (nSPS) is 43.9. The van der Waals surface area contributed by atoms with Crippen LogP contribution in [0.3, 0.4) is 0 Å². The third-order valence-electron chi connectivity index (χ3n) is 6.10. The van der Waals surface area contributed by atoms with Gasteiger partial charge in [0.05, 0.1) is 6.10 Å². The Labute approximate surface area is 117 Å². The van der Waals surface area contributed by atoms with E-state index < -0.39 is 6.10 Å². The van der Waals surface area contributed by atoms with Gasteiger partial charge in [0, 0.05) is 17.0 Å². The summed E-state index contributed by atoms with van der Waals surface area (Å²) in [4.78, 5) is 0. The van der Waals surface area contributed by atoms with Crippen molar-refractivity contribution in [2.24, 2.45) is 5.92 Å². The van der Waals surface area contributed by atoms with E-state index in [2.05, 4.69) is 5.32 Å². The summed E-state index contributed by atoms with van der Waals surface area (Å²) in [5.74, 6) is 1.41. The van der Waals surface area contributed by atoms with Crippen molar-refractivity contribution >= 4 is 0 Å². The minimum atomic E-state index is -0.414. The van der Waals surface area contributed by atoms with E-state index in [0.29, 0.717) is 17.7 Å². The highest BCUT2D eigenvalue weighted by Gasteiger charge is 2.64. The Morgan fingerprint density at radius 3 is 3.10 bits per heavy atom. The van der Waals surface area contributed by atoms with Crippen molar-refractivity contribution in [1.82, 2.24) is 5.32 Å². The molecule has 1 spiro atoms. The molecule has 0 amide bonds. The van der Waals surface area contributed by atoms with Crippen molar-refractivity contribution in [3.05, 3.63) is 23.3 Å². The zero-order chi connectivity index (χ0) is 13.5. The van der Waals surface area contributed by atoms with Gasteiger partial charge in [0.1, 0.15) is 6.10 Å². The number of phenols is 1. The summed E-state index contributed by atoms with van der Waals surface area (Å²) in [6.45, 7) is 0.974. The lowest BCUT2D eigenvalue weighted by Crippen LogP contribution is -2.66. The lowest BCUT2D eigenvalue weighted by molar-refractivity contribution is -0.0761. The van der Waals surface area contributed by atoms with E-state index in [0.717, 1.165) is 32.2 Å². The predicted octanol–water partition coefficient (Wildman–Crippen LogP) is 1.08. The van der Waals surface area contributed by atoms with E-state index in [1.54, 1.807) is 6.07 Å². The van der Waals surface area contributed by atoms with Gasteiger partial charge in [-0.25, -0.2) is 0 Å². The van der Waals surface area contributed by atoms with Gasteiger partial charge in [-0.2, -0.15) is 0 Å². The van der Waals surface area contributed by atoms with Gasteiger partial charge in [-0.05, 0) is 49.8 Å². The van der Waals surface area contributed by atoms with E-state index in [1.807, 2.05) is 6.07 Å². The quantitative estimate of drug-likeness (QED) is 0.662. The molecule has 2 heterocycles. The van der Waals surface area contributed by atoms with Crippen LogP contribution >= 0.6 is 0 Å². The molecule has 4 nitrogen and oxygen atoms in total. The summed E-state index contributed by atoms with van der Waals surface area (Å²) in [7, 11) is 0. The SMILES string of the molecule is Oc1ccc2c3c1O[C@H]1[C@@H](O)CCC4C(C2)NCC[C@@]341. The molecule has 5 rings (SSSR count). The minimum Gasteiger partial charge on any atom is -0.504 e. The molecule has 0 aromatic heterocycles. The molecule has 2 fully saturated rings. The number of aliphatic hydroxyl groups is 1. The average molecular weight is 273 g/mol. The van der Waals surface area contributed by atoms with Gasteiger partial charge < -0.3 is 20.3 Å². The van der Waals surface area contributed by atoms with Crippen LogP contribution in [0.15, 0.2) is 12.1 Å². The molecule has 2 unspecified atom stereocenters. The summed E-state index contributed by atoms with van der Waals surface area (Å²) in [6.07, 6.45) is 3.28. The highest BCUT2D eigenvalue weighted by Crippen LogP contribution is 2.62. The number of nitrogens with one attached hydrogen (secondary N) is 1. The molecule has 4 aliphatic rings. The van der Waals surface area contributed by atoms with Crippen molar-refractivity contribution in [2.75, 3.05) is 6.54 Å². The monoisotopic (exact) mass is 273 g/mol. The lowest BCUT2D eigenvalue weighted by atomic mass is 9.52. The molecule has 5 atom stereocenters. The van der Waals surface area contributed by atoms with Crippen molar-refractivity contribution in [3.63, 3.8) is 0 Å². The second kappa shape index (κ2) is 3.49. The first-order valence-corrected chi connectivity index (χ1v) is 7.65. The molecule has 1 aromatic carbocycles. The summed E-state index contributed by atoms with van der Waals surface area (Å²) in [5.41, 5.74) is 2.43. The Hall–Kier alpha value is -1.26. The Morgan fingerprint density at radius 2 is 2.20 bits per heavy atom. The second-order valence-electron chi connectivity index (χ2n) is 6.79. The number of aromatic hydroxyl groups is 1. The first-order valence-electron chi connectivity index (χ1n) is 7.65. The van der Waals surface area contributed by atoms with Crippen LogP contribution < -0.4 is 10.1 Å². The van der Waals surface area contributed by atoms with Gasteiger partial charge in [-0.3, -0.25) is 0 Å². The largest absolute Gasteiger partial charge is 0.504 e. The summed E-state index contributed by atoms with van der Waals surface area (Å²) < 4.78 is 6.09. The summed E-state index contributed by atoms with van der Waals surface area (Å²) in [6, 6.07) is 4.27. The molecule has 0 radical (unpaired) electrons. The smallest absolute Gasteiger partial charge is 0.165 e. The van der Waals surface area contributed by atoms with Gasteiger partial charge in [0.25, 0.3) is 0 Å². The fraction of sp³-hybridized carbons (Fsp3) is 0.625. The van der Waals surface area contributed by atoms with Crippen LogP contribution in [0.2, 0.25) is 0 Å². The zero-order valence-electron chi connectivity index (χ0n) is 11.3. The third-order valence-corrected chi connectivity index (χ3v) is 6.10. The average Bonchev–Trinajstić information content (AvgIpc) is 2.78. The van der Waals surface area contributed by atoms with Gasteiger partial charge in [-0.1, -0.05) is 6.07 Å². The number of benzene rings is 1. The van der Waals surface area contributed by atoms with Crippen LogP contribution in [-0.4, -0.2) is 35.0 Å². The molecule has 2 aliphatic carbocycles. The van der Waals surface area contributed by atoms with Gasteiger partial charge in [0.2, 0.25) is 0 Å². The van der Waals surface area contributed by atoms with Crippen molar-refractivity contribution < 1.29 is 14.9 Å². The topological polar surface area (TPSA) is 61.7 Å². The van der Waals surface area contributed by atoms with E-state index in [1.165, 1.54) is 11.1 Å². The number of hydrogen-bond acceptors (Lipinski definition) is 4. The van der Waals surface area contributed by atoms with E-state index in [4.69, 9.17) is 4.74 Å². The first-order chi connectivity index (χ1) is 9.72. The molecule has 20 heavy (non-hydrogen) atoms. The van der Waals surface area contributed by atoms with Crippen LogP contribution in [0.25, 0.3) is 0 Å². The number of hydrogen-bond donors (Lipinski definition) is 3. The lowest BCUT2D eigenvalue weighted by Gasteiger charge is -2.56. The molecule has 1 saturated heterocycles. The standard InChI is InChI=1S/C16H19NO3/c18-11-3-1-8-7-10-9-2-4-12(19)15-16(9,5-6-17-10)13(8)14(11)20-15/h1,3,9-10,12,15,17-19H,2,4-7H2/t9?,10?,12-,15-,16-/m0/s1. The molecule has 2 bridgehead atoms. The van der Waals surface area contributed by atoms with Crippen LogP contribution in [0.4, 0.5) is 0 Å². The Kier molecular flexibility index (Phi) is 1.99. The van der Waals surface area contributed by atoms with E-state index in [-0.39, 0.29) is 17.3 Å². The van der Waals surface area contributed by atoms with Crippen LogP contribution in [-0.2, 0) is 11.8 Å². The number of piperidine rings is 1. The Bertz CT molecular complexity index is 602. The Balaban J connectivity index is 1.83. The van der Waals surface area contributed by atoms with Crippen LogP contribution in [0, 0.1) is 5.92 Å². The maximum atomic E-state index is 10.5. The fourth-order valence-electron chi connectivity index (χ4n) is 5.43. The molecular weight excluding hydrogens is 254 g/mol. The van der Waals surface area contributed by atoms with Crippen molar-refractivity contribution in [1.29, 1.82) is 0 Å². The minimum absolute atomic E-state index is 0.0742. The van der Waals surface area contributed by atoms with E-state index in [9.17, 15) is 10.2 Å². The maximum Gasteiger partial charge on any atom is 0.165 e. The molecule has 3 N–H and O–H groups in total. The predicted molar refractivity (Wildman–Crippen MR) is 73.0 cm³/mol. The van der Waals surface area contributed by atoms with E-state index >= 15 is 0 Å². The molecule has 4 heteroatoms. The van der Waals surface area contributed by atoms with Gasteiger partial charge in [-0.15, -0.1) is 0 Å². The molecule has 2 aliphatic heterocycles. The van der Waals surface area contributed by atoms with Crippen LogP contribution in [0.5, 0.6) is 11.5 Å². The second-order valence-corrected chi connectivity index (χ2v) is 6.79. The Morgan fingerprint density at radius 1 is 1.30 bits per heavy atom. The number of phenolic OH excluding ortho intramolecular Hbond substituents is 1. The van der Waals surface area contributed by atoms with Crippen molar-refractivity contribution in [3.8, 4) is 11.5 Å². The van der Waals surface area contributed by atoms with Crippen LogP contribution in [0.1, 0.15) is 30.4 Å². The highest BCUT2D eigenvalue weighted by atomic mass is 16.5. The maximum absolute atomic E-state index is 10.5.